The second-order valence-electron chi connectivity index (χ2n) is 4.69. The molecule has 22 heavy (non-hydrogen) atoms. The summed E-state index contributed by atoms with van der Waals surface area (Å²) in [6.07, 6.45) is 0.135. The van der Waals surface area contributed by atoms with Gasteiger partial charge in [0.25, 0.3) is 5.56 Å². The predicted octanol–water partition coefficient (Wildman–Crippen LogP) is 2.08. The van der Waals surface area contributed by atoms with Crippen molar-refractivity contribution in [2.75, 3.05) is 14.2 Å². The molecule has 116 valence electrons. The maximum Gasteiger partial charge on any atom is 0.303 e. The van der Waals surface area contributed by atoms with Gasteiger partial charge in [-0.2, -0.15) is 0 Å². The number of carbonyl (C=O) groups is 1. The molecule has 0 aliphatic carbocycles. The van der Waals surface area contributed by atoms with Gasteiger partial charge in [-0.1, -0.05) is 6.07 Å². The van der Waals surface area contributed by atoms with Crippen LogP contribution >= 0.6 is 0 Å². The average molecular weight is 303 g/mol. The molecule has 6 nitrogen and oxygen atoms in total. The van der Waals surface area contributed by atoms with E-state index in [4.69, 9.17) is 14.6 Å². The van der Waals surface area contributed by atoms with Gasteiger partial charge in [-0.3, -0.25) is 9.59 Å². The highest BCUT2D eigenvalue weighted by molar-refractivity contribution is 5.67. The van der Waals surface area contributed by atoms with Crippen molar-refractivity contribution in [2.24, 2.45) is 0 Å². The largest absolute Gasteiger partial charge is 0.493 e. The van der Waals surface area contributed by atoms with Gasteiger partial charge in [0.05, 0.1) is 14.2 Å². The van der Waals surface area contributed by atoms with Gasteiger partial charge < -0.3 is 19.6 Å². The summed E-state index contributed by atoms with van der Waals surface area (Å²) in [5, 5.41) is 8.67. The highest BCUT2D eigenvalue weighted by atomic mass is 16.5. The van der Waals surface area contributed by atoms with Gasteiger partial charge in [-0.05, 0) is 30.7 Å². The van der Waals surface area contributed by atoms with Crippen LogP contribution in [0.5, 0.6) is 11.5 Å². The van der Waals surface area contributed by atoms with Crippen LogP contribution < -0.4 is 15.0 Å². The summed E-state index contributed by atoms with van der Waals surface area (Å²) >= 11 is 0. The summed E-state index contributed by atoms with van der Waals surface area (Å²) in [7, 11) is 3.09. The van der Waals surface area contributed by atoms with Crippen molar-refractivity contribution < 1.29 is 19.4 Å². The fourth-order valence-corrected chi connectivity index (χ4v) is 2.11. The van der Waals surface area contributed by atoms with Crippen LogP contribution in [0, 0.1) is 0 Å². The van der Waals surface area contributed by atoms with Gasteiger partial charge >= 0.3 is 5.97 Å². The van der Waals surface area contributed by atoms with Crippen LogP contribution in [0.3, 0.4) is 0 Å². The van der Waals surface area contributed by atoms with E-state index in [0.717, 1.165) is 5.56 Å². The molecule has 2 rings (SSSR count). The van der Waals surface area contributed by atoms with Crippen LogP contribution in [-0.4, -0.2) is 30.3 Å². The molecule has 0 aliphatic heterocycles. The zero-order valence-corrected chi connectivity index (χ0v) is 12.4. The van der Waals surface area contributed by atoms with E-state index in [1.807, 2.05) is 6.07 Å². The lowest BCUT2D eigenvalue weighted by atomic mass is 10.1. The number of hydrogen-bond acceptors (Lipinski definition) is 4. The SMILES string of the molecule is COc1ccc(-c2ccc(CCC(=O)O)c(=O)[nH]2)cc1OC. The van der Waals surface area contributed by atoms with Gasteiger partial charge in [-0.25, -0.2) is 0 Å². The summed E-state index contributed by atoms with van der Waals surface area (Å²) < 4.78 is 10.4. The number of aromatic amines is 1. The van der Waals surface area contributed by atoms with E-state index in [-0.39, 0.29) is 18.4 Å². The second-order valence-corrected chi connectivity index (χ2v) is 4.69. The van der Waals surface area contributed by atoms with Gasteiger partial charge in [0, 0.05) is 23.2 Å². The molecule has 0 unspecified atom stereocenters. The number of aryl methyl sites for hydroxylation is 1. The molecule has 0 saturated carbocycles. The van der Waals surface area contributed by atoms with Crippen molar-refractivity contribution in [3.63, 3.8) is 0 Å². The number of nitrogens with one attached hydrogen (secondary N) is 1. The second kappa shape index (κ2) is 6.80. The standard InChI is InChI=1S/C16H17NO5/c1-21-13-7-4-11(9-14(13)22-2)12-6-3-10(16(20)17-12)5-8-15(18)19/h3-4,6-7,9H,5,8H2,1-2H3,(H,17,20)(H,18,19). The van der Waals surface area contributed by atoms with E-state index in [1.165, 1.54) is 0 Å². The Hall–Kier alpha value is -2.76. The lowest BCUT2D eigenvalue weighted by Gasteiger charge is -2.10. The zero-order valence-electron chi connectivity index (χ0n) is 12.4. The molecule has 0 aliphatic rings. The molecular weight excluding hydrogens is 286 g/mol. The van der Waals surface area contributed by atoms with Gasteiger partial charge in [-0.15, -0.1) is 0 Å². The summed E-state index contributed by atoms with van der Waals surface area (Å²) in [4.78, 5) is 25.3. The highest BCUT2D eigenvalue weighted by Crippen LogP contribution is 2.31. The zero-order chi connectivity index (χ0) is 16.1. The number of aromatic nitrogens is 1. The lowest BCUT2D eigenvalue weighted by molar-refractivity contribution is -0.136. The van der Waals surface area contributed by atoms with Crippen LogP contribution in [0.2, 0.25) is 0 Å². The molecule has 0 bridgehead atoms. The molecule has 0 spiro atoms. The van der Waals surface area contributed by atoms with Gasteiger partial charge in [0.2, 0.25) is 0 Å². The number of rotatable bonds is 6. The fraction of sp³-hybridized carbons (Fsp3) is 0.250. The van der Waals surface area contributed by atoms with E-state index in [1.54, 1.807) is 38.5 Å². The molecule has 1 heterocycles. The van der Waals surface area contributed by atoms with Crippen LogP contribution in [0.1, 0.15) is 12.0 Å². The van der Waals surface area contributed by atoms with Crippen molar-refractivity contribution in [1.29, 1.82) is 0 Å². The molecule has 1 aromatic carbocycles. The van der Waals surface area contributed by atoms with E-state index < -0.39 is 5.97 Å². The minimum Gasteiger partial charge on any atom is -0.493 e. The predicted molar refractivity (Wildman–Crippen MR) is 81.6 cm³/mol. The number of hydrogen-bond donors (Lipinski definition) is 2. The molecule has 2 aromatic rings. The summed E-state index contributed by atoms with van der Waals surface area (Å²) in [5.74, 6) is 0.242. The first-order chi connectivity index (χ1) is 10.5. The molecular formula is C16H17NO5. The third-order valence-electron chi connectivity index (χ3n) is 3.29. The molecule has 2 N–H and O–H groups in total. The number of carboxylic acid groups (broad SMARTS) is 1. The Morgan fingerprint density at radius 3 is 2.45 bits per heavy atom. The molecule has 0 amide bonds. The van der Waals surface area contributed by atoms with Crippen LogP contribution in [-0.2, 0) is 11.2 Å². The molecule has 0 saturated heterocycles. The fourth-order valence-electron chi connectivity index (χ4n) is 2.11. The third-order valence-corrected chi connectivity index (χ3v) is 3.29. The van der Waals surface area contributed by atoms with Gasteiger partial charge in [0.1, 0.15) is 0 Å². The quantitative estimate of drug-likeness (QED) is 0.853. The topological polar surface area (TPSA) is 88.6 Å². The molecule has 0 atom stereocenters. The normalized spacial score (nSPS) is 10.3. The Balaban J connectivity index is 2.32. The van der Waals surface area contributed by atoms with E-state index in [9.17, 15) is 9.59 Å². The number of H-pyrrole nitrogens is 1. The molecule has 0 radical (unpaired) electrons. The molecule has 6 heteroatoms. The first kappa shape index (κ1) is 15.6. The number of methoxy groups -OCH3 is 2. The number of benzene rings is 1. The summed E-state index contributed by atoms with van der Waals surface area (Å²) in [6, 6.07) is 8.73. The van der Waals surface area contributed by atoms with E-state index >= 15 is 0 Å². The highest BCUT2D eigenvalue weighted by Gasteiger charge is 2.09. The lowest BCUT2D eigenvalue weighted by Crippen LogP contribution is -2.14. The smallest absolute Gasteiger partial charge is 0.303 e. The van der Waals surface area contributed by atoms with Crippen molar-refractivity contribution in [2.45, 2.75) is 12.8 Å². The first-order valence-corrected chi connectivity index (χ1v) is 6.71. The van der Waals surface area contributed by atoms with E-state index in [0.29, 0.717) is 22.8 Å². The minimum atomic E-state index is -0.927. The van der Waals surface area contributed by atoms with Gasteiger partial charge in [0.15, 0.2) is 11.5 Å². The first-order valence-electron chi connectivity index (χ1n) is 6.71. The average Bonchev–Trinajstić information content (AvgIpc) is 2.52. The Bertz CT molecular complexity index is 736. The van der Waals surface area contributed by atoms with Crippen LogP contribution in [0.25, 0.3) is 11.3 Å². The summed E-state index contributed by atoms with van der Waals surface area (Å²) in [5.41, 5.74) is 1.57. The number of pyridine rings is 1. The minimum absolute atomic E-state index is 0.0706. The monoisotopic (exact) mass is 303 g/mol. The number of ether oxygens (including phenoxy) is 2. The van der Waals surface area contributed by atoms with Crippen molar-refractivity contribution in [3.8, 4) is 22.8 Å². The Kier molecular flexibility index (Phi) is 4.83. The van der Waals surface area contributed by atoms with E-state index in [2.05, 4.69) is 4.98 Å². The third kappa shape index (κ3) is 3.46. The Labute approximate surface area is 127 Å². The maximum atomic E-state index is 12.0. The van der Waals surface area contributed by atoms with Crippen LogP contribution in [0.4, 0.5) is 0 Å². The van der Waals surface area contributed by atoms with Crippen LogP contribution in [0.15, 0.2) is 35.1 Å². The molecule has 1 aromatic heterocycles. The number of carboxylic acids is 1. The van der Waals surface area contributed by atoms with Crippen molar-refractivity contribution >= 4 is 5.97 Å². The number of aliphatic carboxylic acids is 1. The summed E-state index contributed by atoms with van der Waals surface area (Å²) in [6.45, 7) is 0. The maximum absolute atomic E-state index is 12.0. The molecule has 0 fully saturated rings. The Morgan fingerprint density at radius 2 is 1.86 bits per heavy atom. The van der Waals surface area contributed by atoms with Crippen molar-refractivity contribution in [3.05, 3.63) is 46.2 Å². The van der Waals surface area contributed by atoms with Crippen molar-refractivity contribution in [1.82, 2.24) is 4.98 Å². The Morgan fingerprint density at radius 1 is 1.14 bits per heavy atom.